The van der Waals surface area contributed by atoms with Crippen LogP contribution in [-0.2, 0) is 12.8 Å². The average Bonchev–Trinajstić information content (AvgIpc) is 3.22. The van der Waals surface area contributed by atoms with Gasteiger partial charge in [0, 0.05) is 16.6 Å². The van der Waals surface area contributed by atoms with Crippen molar-refractivity contribution < 1.29 is 4.79 Å². The number of carbonyl (C=O) groups is 1. The number of thiophene rings is 1. The molecule has 1 amide bonds. The molecule has 0 radical (unpaired) electrons. The summed E-state index contributed by atoms with van der Waals surface area (Å²) in [5.41, 5.74) is 6.81. The Labute approximate surface area is 161 Å². The number of aromatic nitrogens is 3. The number of nitrogens with two attached hydrogens (primary N) is 1. The Kier molecular flexibility index (Phi) is 5.95. The molecule has 7 nitrogen and oxygen atoms in total. The summed E-state index contributed by atoms with van der Waals surface area (Å²) >= 11 is 1.54. The second kappa shape index (κ2) is 8.39. The normalized spacial score (nSPS) is 12.4. The molecule has 0 saturated carbocycles. The third kappa shape index (κ3) is 4.77. The van der Waals surface area contributed by atoms with Gasteiger partial charge in [-0.3, -0.25) is 14.6 Å². The van der Waals surface area contributed by atoms with E-state index >= 15 is 0 Å². The topological polar surface area (TPSA) is 117 Å². The Balaban J connectivity index is 1.55. The molecular weight excluding hydrogens is 362 g/mol. The SMILES string of the molecule is CCC[C@@H](C)NC(=O)c1ccc(CCCc2cc3c(=O)[nH]c(N)nc3[nH]2)s1. The Bertz CT molecular complexity index is 988. The molecule has 1 atom stereocenters. The van der Waals surface area contributed by atoms with Crippen LogP contribution < -0.4 is 16.6 Å². The van der Waals surface area contributed by atoms with Gasteiger partial charge in [-0.05, 0) is 50.8 Å². The lowest BCUT2D eigenvalue weighted by Gasteiger charge is -2.11. The number of rotatable bonds is 8. The number of aromatic amines is 2. The van der Waals surface area contributed by atoms with Crippen molar-refractivity contribution in [2.45, 2.75) is 52.0 Å². The Hall–Kier alpha value is -2.61. The number of H-pyrrole nitrogens is 2. The van der Waals surface area contributed by atoms with Crippen LogP contribution in [0.2, 0.25) is 0 Å². The molecule has 3 aromatic heterocycles. The number of nitrogens with one attached hydrogen (secondary N) is 3. The first-order valence-electron chi connectivity index (χ1n) is 9.23. The molecule has 0 aliphatic heterocycles. The van der Waals surface area contributed by atoms with Gasteiger partial charge in [0.15, 0.2) is 0 Å². The zero-order chi connectivity index (χ0) is 19.4. The Morgan fingerprint density at radius 2 is 2.15 bits per heavy atom. The standard InChI is InChI=1S/C19H25N5O2S/c1-3-5-11(2)21-18(26)15-9-8-13(27-15)7-4-6-12-10-14-16(22-12)23-19(20)24-17(14)25/h8-11H,3-7H2,1-2H3,(H,21,26)(H4,20,22,23,24,25)/t11-/m1/s1. The van der Waals surface area contributed by atoms with Crippen molar-refractivity contribution in [1.82, 2.24) is 20.3 Å². The lowest BCUT2D eigenvalue weighted by Crippen LogP contribution is -2.31. The van der Waals surface area contributed by atoms with Gasteiger partial charge in [-0.1, -0.05) is 13.3 Å². The molecule has 0 aliphatic carbocycles. The summed E-state index contributed by atoms with van der Waals surface area (Å²) in [7, 11) is 0. The minimum Gasteiger partial charge on any atom is -0.369 e. The molecule has 0 unspecified atom stereocenters. The van der Waals surface area contributed by atoms with Gasteiger partial charge in [0.1, 0.15) is 5.65 Å². The number of nitrogen functional groups attached to an aromatic ring is 1. The predicted molar refractivity (Wildman–Crippen MR) is 109 cm³/mol. The fraction of sp³-hybridized carbons (Fsp3) is 0.421. The van der Waals surface area contributed by atoms with Crippen LogP contribution in [0.25, 0.3) is 11.0 Å². The monoisotopic (exact) mass is 387 g/mol. The Morgan fingerprint density at radius 3 is 2.93 bits per heavy atom. The molecule has 3 rings (SSSR count). The Morgan fingerprint density at radius 1 is 1.33 bits per heavy atom. The van der Waals surface area contributed by atoms with Gasteiger partial charge in [-0.2, -0.15) is 4.98 Å². The summed E-state index contributed by atoms with van der Waals surface area (Å²) in [6.45, 7) is 4.14. The lowest BCUT2D eigenvalue weighted by atomic mass is 10.1. The smallest absolute Gasteiger partial charge is 0.261 e. The molecule has 144 valence electrons. The summed E-state index contributed by atoms with van der Waals surface area (Å²) in [4.78, 5) is 35.8. The predicted octanol–water partition coefficient (Wildman–Crippen LogP) is 2.99. The fourth-order valence-electron chi connectivity index (χ4n) is 3.11. The van der Waals surface area contributed by atoms with E-state index in [1.165, 1.54) is 16.2 Å². The molecule has 3 aromatic rings. The fourth-order valence-corrected chi connectivity index (χ4v) is 4.07. The number of hydrogen-bond donors (Lipinski definition) is 4. The zero-order valence-electron chi connectivity index (χ0n) is 15.6. The van der Waals surface area contributed by atoms with Crippen LogP contribution in [-0.4, -0.2) is 26.9 Å². The highest BCUT2D eigenvalue weighted by Crippen LogP contribution is 2.20. The van der Waals surface area contributed by atoms with E-state index in [-0.39, 0.29) is 23.5 Å². The van der Waals surface area contributed by atoms with Crippen LogP contribution in [0.1, 0.15) is 53.4 Å². The first kappa shape index (κ1) is 19.2. The molecule has 0 spiro atoms. The van der Waals surface area contributed by atoms with Crippen LogP contribution in [0, 0.1) is 0 Å². The van der Waals surface area contributed by atoms with E-state index in [2.05, 4.69) is 27.2 Å². The van der Waals surface area contributed by atoms with Crippen LogP contribution >= 0.6 is 11.3 Å². The van der Waals surface area contributed by atoms with Crippen molar-refractivity contribution >= 4 is 34.2 Å². The molecule has 0 fully saturated rings. The molecule has 0 bridgehead atoms. The van der Waals surface area contributed by atoms with Gasteiger partial charge in [0.05, 0.1) is 10.3 Å². The zero-order valence-corrected chi connectivity index (χ0v) is 16.4. The third-order valence-corrected chi connectivity index (χ3v) is 5.57. The number of carbonyl (C=O) groups excluding carboxylic acids is 1. The molecular formula is C19H25N5O2S. The second-order valence-electron chi connectivity index (χ2n) is 6.79. The van der Waals surface area contributed by atoms with Gasteiger partial charge in [-0.25, -0.2) is 0 Å². The van der Waals surface area contributed by atoms with Crippen LogP contribution in [0.15, 0.2) is 23.0 Å². The number of aryl methyl sites for hydroxylation is 2. The molecule has 0 aromatic carbocycles. The highest BCUT2D eigenvalue weighted by Gasteiger charge is 2.12. The van der Waals surface area contributed by atoms with Gasteiger partial charge >= 0.3 is 0 Å². The van der Waals surface area contributed by atoms with E-state index in [0.29, 0.717) is 11.0 Å². The second-order valence-corrected chi connectivity index (χ2v) is 7.96. The van der Waals surface area contributed by atoms with E-state index in [9.17, 15) is 9.59 Å². The van der Waals surface area contributed by atoms with E-state index < -0.39 is 0 Å². The summed E-state index contributed by atoms with van der Waals surface area (Å²) in [5, 5.41) is 3.56. The van der Waals surface area contributed by atoms with Crippen molar-refractivity contribution in [3.8, 4) is 0 Å². The van der Waals surface area contributed by atoms with Gasteiger partial charge in [0.2, 0.25) is 5.95 Å². The van der Waals surface area contributed by atoms with Gasteiger partial charge in [0.25, 0.3) is 11.5 Å². The number of nitrogens with zero attached hydrogens (tertiary/aromatic N) is 1. The maximum Gasteiger partial charge on any atom is 0.261 e. The quantitative estimate of drug-likeness (QED) is 0.475. The van der Waals surface area contributed by atoms with Crippen LogP contribution in [0.5, 0.6) is 0 Å². The van der Waals surface area contributed by atoms with Crippen molar-refractivity contribution in [3.05, 3.63) is 44.0 Å². The molecule has 3 heterocycles. The van der Waals surface area contributed by atoms with Crippen molar-refractivity contribution in [3.63, 3.8) is 0 Å². The summed E-state index contributed by atoms with van der Waals surface area (Å²) < 4.78 is 0. The first-order chi connectivity index (χ1) is 13.0. The number of anilines is 1. The number of fused-ring (bicyclic) bond motifs is 1. The van der Waals surface area contributed by atoms with E-state index in [1.54, 1.807) is 0 Å². The van der Waals surface area contributed by atoms with Crippen molar-refractivity contribution in [1.29, 1.82) is 0 Å². The minimum absolute atomic E-state index is 0.00528. The molecule has 27 heavy (non-hydrogen) atoms. The molecule has 5 N–H and O–H groups in total. The van der Waals surface area contributed by atoms with E-state index in [4.69, 9.17) is 5.73 Å². The third-order valence-electron chi connectivity index (χ3n) is 4.43. The lowest BCUT2D eigenvalue weighted by molar-refractivity contribution is 0.0942. The number of hydrogen-bond acceptors (Lipinski definition) is 5. The minimum atomic E-state index is -0.230. The van der Waals surface area contributed by atoms with Crippen molar-refractivity contribution in [2.24, 2.45) is 0 Å². The first-order valence-corrected chi connectivity index (χ1v) is 10.0. The maximum atomic E-state index is 12.2. The molecule has 0 aliphatic rings. The average molecular weight is 388 g/mol. The highest BCUT2D eigenvalue weighted by molar-refractivity contribution is 7.14. The van der Waals surface area contributed by atoms with Crippen LogP contribution in [0.3, 0.4) is 0 Å². The number of amides is 1. The summed E-state index contributed by atoms with van der Waals surface area (Å²) in [6.07, 6.45) is 4.62. The van der Waals surface area contributed by atoms with Crippen LogP contribution in [0.4, 0.5) is 5.95 Å². The van der Waals surface area contributed by atoms with E-state index in [1.807, 2.05) is 25.1 Å². The van der Waals surface area contributed by atoms with Gasteiger partial charge in [-0.15, -0.1) is 11.3 Å². The maximum absolute atomic E-state index is 12.2. The van der Waals surface area contributed by atoms with Crippen molar-refractivity contribution in [2.75, 3.05) is 5.73 Å². The summed E-state index contributed by atoms with van der Waals surface area (Å²) in [6, 6.07) is 5.93. The van der Waals surface area contributed by atoms with E-state index in [0.717, 1.165) is 42.7 Å². The molecule has 0 saturated heterocycles. The highest BCUT2D eigenvalue weighted by atomic mass is 32.1. The van der Waals surface area contributed by atoms with Gasteiger partial charge < -0.3 is 16.0 Å². The molecule has 8 heteroatoms. The largest absolute Gasteiger partial charge is 0.369 e. The summed E-state index contributed by atoms with van der Waals surface area (Å²) in [5.74, 6) is 0.115.